The van der Waals surface area contributed by atoms with E-state index in [9.17, 15) is 0 Å². The van der Waals surface area contributed by atoms with Crippen LogP contribution in [0.4, 0.5) is 0 Å². The summed E-state index contributed by atoms with van der Waals surface area (Å²) in [6.07, 6.45) is 0. The molecular weight excluding hydrogens is 102 g/mol. The lowest BCUT2D eigenvalue weighted by atomic mass is 11.0. The molecule has 0 spiro atoms. The fourth-order valence-corrected chi connectivity index (χ4v) is 0. The second-order valence-corrected chi connectivity index (χ2v) is 3.85. The Morgan fingerprint density at radius 2 is 1.50 bits per heavy atom. The second-order valence-electron chi connectivity index (χ2n) is 1.28. The Hall–Kier alpha value is 1.06. The monoisotopic (exact) mass is 115 g/mol. The van der Waals surface area contributed by atoms with E-state index in [0.717, 1.165) is 15.2 Å². The quantitative estimate of drug-likeness (QED) is 0.410. The zero-order valence-corrected chi connectivity index (χ0v) is 8.44. The maximum atomic E-state index is 2.21. The molecule has 0 heterocycles. The van der Waals surface area contributed by atoms with Gasteiger partial charge in [-0.1, -0.05) is 6.92 Å². The first kappa shape index (κ1) is 10.1. The Morgan fingerprint density at radius 1 is 1.50 bits per heavy atom. The van der Waals surface area contributed by atoms with Crippen molar-refractivity contribution in [3.05, 3.63) is 0 Å². The third-order valence-electron chi connectivity index (χ3n) is 0. The molecule has 1 radical (unpaired) electrons. The molecule has 0 rings (SSSR count). The first-order valence-electron chi connectivity index (χ1n) is 2.57. The van der Waals surface area contributed by atoms with Crippen LogP contribution in [0, 0.1) is 0 Å². The van der Waals surface area contributed by atoms with Gasteiger partial charge in [-0.15, -0.1) is 16.9 Å². The molecular formula is C4H13Al2. The molecule has 0 saturated carbocycles. The molecule has 0 aromatic carbocycles. The number of rotatable bonds is 0. The average molecular weight is 115 g/mol. The van der Waals surface area contributed by atoms with Crippen LogP contribution in [0.15, 0.2) is 0 Å². The van der Waals surface area contributed by atoms with Crippen molar-refractivity contribution in [3.8, 4) is 0 Å². The Bertz CT molecular complexity index is 7.51. The van der Waals surface area contributed by atoms with Crippen LogP contribution in [0.1, 0.15) is 6.92 Å². The number of hydrogen-bond acceptors (Lipinski definition) is 0. The Balaban J connectivity index is 0. The summed E-state index contributed by atoms with van der Waals surface area (Å²) in [5.74, 6) is 4.42. The Kier molecular flexibility index (Phi) is 28.0. The lowest BCUT2D eigenvalue weighted by Gasteiger charge is -1.44. The highest BCUT2D eigenvalue weighted by Crippen LogP contribution is 1.49. The highest BCUT2D eigenvalue weighted by molar-refractivity contribution is 6.31. The second kappa shape index (κ2) is 16.6. The molecule has 0 saturated heterocycles. The first-order chi connectivity index (χ1) is 2.83. The van der Waals surface area contributed by atoms with Crippen molar-refractivity contribution in [1.29, 1.82) is 0 Å². The molecule has 0 aromatic heterocycles. The zero-order chi connectivity index (χ0) is 5.41. The van der Waals surface area contributed by atoms with Gasteiger partial charge >= 0.3 is 0 Å². The van der Waals surface area contributed by atoms with Crippen molar-refractivity contribution in [2.75, 3.05) is 0 Å². The van der Waals surface area contributed by atoms with Gasteiger partial charge in [-0.2, -0.15) is 0 Å². The molecule has 35 valence electrons. The molecule has 2 heteroatoms. The normalized spacial score (nSPS) is 5.17. The van der Waals surface area contributed by atoms with Crippen molar-refractivity contribution in [2.45, 2.75) is 23.8 Å². The number of hydrogen-bond donors (Lipinski definition) is 0. The molecule has 0 N–H and O–H groups in total. The maximum Gasteiger partial charge on any atom is 0.211 e. The molecule has 0 nitrogen and oxygen atoms in total. The van der Waals surface area contributed by atoms with E-state index >= 15 is 0 Å². The summed E-state index contributed by atoms with van der Waals surface area (Å²) in [5.41, 5.74) is 0. The lowest BCUT2D eigenvalue weighted by Crippen LogP contribution is -1.53. The third kappa shape index (κ3) is 73.8. The molecule has 0 aliphatic carbocycles. The van der Waals surface area contributed by atoms with E-state index in [-0.39, 0.29) is 0 Å². The average Bonchev–Trinajstić information content (AvgIpc) is 1.39. The molecule has 6 heavy (non-hydrogen) atoms. The van der Waals surface area contributed by atoms with Gasteiger partial charge in [-0.25, -0.2) is 0 Å². The zero-order valence-electron chi connectivity index (χ0n) is 5.28. The summed E-state index contributed by atoms with van der Waals surface area (Å²) in [4.78, 5) is 0. The summed E-state index contributed by atoms with van der Waals surface area (Å²) in [7, 11) is 0. The standard InChI is InChI=1S/C2H5.2CH3.2Al.2H/c1-2;;;;;;/h1H2,2H3;2*1H3;;;;. The van der Waals surface area contributed by atoms with E-state index in [0.29, 0.717) is 0 Å². The van der Waals surface area contributed by atoms with Gasteiger partial charge in [-0.3, -0.25) is 0 Å². The highest BCUT2D eigenvalue weighted by Gasteiger charge is 1.46. The molecule has 0 aromatic rings. The summed E-state index contributed by atoms with van der Waals surface area (Å²) < 4.78 is 0. The fraction of sp³-hybridized carbons (Fsp3) is 1.00. The molecule has 0 aliphatic heterocycles. The SMILES string of the molecule is C[CH2][AlH2].[CH3][Al][CH3]. The molecule has 0 atom stereocenters. The van der Waals surface area contributed by atoms with Gasteiger partial charge in [-0.05, 0) is 0 Å². The van der Waals surface area contributed by atoms with Crippen molar-refractivity contribution >= 4 is 31.5 Å². The van der Waals surface area contributed by atoms with Gasteiger partial charge in [0.15, 0.2) is 15.2 Å². The van der Waals surface area contributed by atoms with Crippen molar-refractivity contribution in [3.63, 3.8) is 0 Å². The van der Waals surface area contributed by atoms with Crippen LogP contribution in [0.5, 0.6) is 0 Å². The summed E-state index contributed by atoms with van der Waals surface area (Å²) >= 11 is 2.12. The summed E-state index contributed by atoms with van der Waals surface area (Å²) in [6.45, 7) is 2.19. The minimum absolute atomic E-state index is 0.750. The molecule has 0 fully saturated rings. The molecule has 0 aliphatic rings. The van der Waals surface area contributed by atoms with Crippen LogP contribution in [-0.4, -0.2) is 31.5 Å². The first-order valence-corrected chi connectivity index (χ1v) is 6.29. The topological polar surface area (TPSA) is 0 Å². The summed E-state index contributed by atoms with van der Waals surface area (Å²) in [6, 6.07) is 0. The predicted octanol–water partition coefficient (Wildman–Crippen LogP) is 0.844. The van der Waals surface area contributed by atoms with E-state index in [1.54, 1.807) is 0 Å². The van der Waals surface area contributed by atoms with Crippen LogP contribution >= 0.6 is 0 Å². The van der Waals surface area contributed by atoms with E-state index in [2.05, 4.69) is 18.5 Å². The molecule has 0 amide bonds. The van der Waals surface area contributed by atoms with E-state index < -0.39 is 0 Å². The van der Waals surface area contributed by atoms with Gasteiger partial charge < -0.3 is 0 Å². The van der Waals surface area contributed by atoms with Gasteiger partial charge in [0, 0.05) is 0 Å². The van der Waals surface area contributed by atoms with Gasteiger partial charge in [0.25, 0.3) is 0 Å². The van der Waals surface area contributed by atoms with Crippen LogP contribution in [0.2, 0.25) is 16.9 Å². The van der Waals surface area contributed by atoms with Crippen LogP contribution in [-0.2, 0) is 0 Å². The molecule has 0 unspecified atom stereocenters. The van der Waals surface area contributed by atoms with Crippen LogP contribution in [0.25, 0.3) is 0 Å². The van der Waals surface area contributed by atoms with Gasteiger partial charge in [0.1, 0.15) is 0 Å². The highest BCUT2D eigenvalue weighted by atomic mass is 27.1. The van der Waals surface area contributed by atoms with Crippen LogP contribution < -0.4 is 0 Å². The molecule has 0 bridgehead atoms. The van der Waals surface area contributed by atoms with Crippen molar-refractivity contribution in [1.82, 2.24) is 0 Å². The van der Waals surface area contributed by atoms with Crippen LogP contribution in [0.3, 0.4) is 0 Å². The largest absolute Gasteiger partial charge is 0.211 e. The fourth-order valence-electron chi connectivity index (χ4n) is 0. The minimum Gasteiger partial charge on any atom is -0.115 e. The van der Waals surface area contributed by atoms with Gasteiger partial charge in [0.2, 0.25) is 16.3 Å². The van der Waals surface area contributed by atoms with E-state index in [1.165, 1.54) is 21.6 Å². The maximum absolute atomic E-state index is 2.21. The van der Waals surface area contributed by atoms with Crippen molar-refractivity contribution in [2.24, 2.45) is 0 Å². The van der Waals surface area contributed by atoms with E-state index in [1.807, 2.05) is 0 Å². The Labute approximate surface area is 55.5 Å². The van der Waals surface area contributed by atoms with E-state index in [4.69, 9.17) is 0 Å². The summed E-state index contributed by atoms with van der Waals surface area (Å²) in [5, 5.41) is 1.39. The predicted molar refractivity (Wildman–Crippen MR) is 36.5 cm³/mol. The minimum atomic E-state index is 0.750. The van der Waals surface area contributed by atoms with Gasteiger partial charge in [0.05, 0.1) is 0 Å². The lowest BCUT2D eigenvalue weighted by molar-refractivity contribution is 1.48. The Morgan fingerprint density at radius 3 is 1.50 bits per heavy atom. The third-order valence-corrected chi connectivity index (χ3v) is 0. The van der Waals surface area contributed by atoms with Crippen molar-refractivity contribution < 1.29 is 0 Å². The smallest absolute Gasteiger partial charge is 0.115 e.